The molecule has 1 aromatic rings. The number of urea groups is 1. The Labute approximate surface area is 122 Å². The molecule has 112 valence electrons. The number of rotatable bonds is 3. The number of carbonyl (C=O) groups excluding carboxylic acids is 2. The van der Waals surface area contributed by atoms with Crippen molar-refractivity contribution in [2.75, 3.05) is 43.1 Å². The van der Waals surface area contributed by atoms with Gasteiger partial charge in [-0.05, 0) is 24.3 Å². The van der Waals surface area contributed by atoms with Gasteiger partial charge in [0.15, 0.2) is 0 Å². The van der Waals surface area contributed by atoms with E-state index in [1.54, 1.807) is 29.0 Å². The molecule has 0 saturated carbocycles. The van der Waals surface area contributed by atoms with Gasteiger partial charge in [-0.3, -0.25) is 9.80 Å². The van der Waals surface area contributed by atoms with Crippen LogP contribution in [0.25, 0.3) is 0 Å². The summed E-state index contributed by atoms with van der Waals surface area (Å²) < 4.78 is 5.00. The largest absolute Gasteiger partial charge is 0.441 e. The molecule has 1 aromatic carbocycles. The number of ether oxygens (including phenoxy) is 1. The first-order chi connectivity index (χ1) is 10.1. The molecule has 0 aliphatic carbocycles. The summed E-state index contributed by atoms with van der Waals surface area (Å²) in [7, 11) is 1.77. The van der Waals surface area contributed by atoms with Crippen molar-refractivity contribution in [2.24, 2.45) is 0 Å². The highest BCUT2D eigenvalue weighted by atomic mass is 16.6. The van der Waals surface area contributed by atoms with Crippen molar-refractivity contribution in [3.63, 3.8) is 0 Å². The number of aliphatic hydroxyl groups excluding tert-OH is 1. The maximum Gasteiger partial charge on any atom is 0.414 e. The first-order valence-electron chi connectivity index (χ1n) is 6.82. The predicted molar refractivity (Wildman–Crippen MR) is 76.5 cm³/mol. The Hall–Kier alpha value is -2.28. The summed E-state index contributed by atoms with van der Waals surface area (Å²) in [5, 5.41) is 9.04. The molecule has 2 aliphatic rings. The zero-order chi connectivity index (χ0) is 15.0. The van der Waals surface area contributed by atoms with Crippen LogP contribution in [0, 0.1) is 0 Å². The lowest BCUT2D eigenvalue weighted by atomic mass is 10.2. The van der Waals surface area contributed by atoms with Crippen molar-refractivity contribution in [3.05, 3.63) is 24.3 Å². The zero-order valence-corrected chi connectivity index (χ0v) is 11.7. The highest BCUT2D eigenvalue weighted by Gasteiger charge is 2.32. The van der Waals surface area contributed by atoms with E-state index >= 15 is 0 Å². The average Bonchev–Trinajstić information content (AvgIpc) is 3.03. The van der Waals surface area contributed by atoms with Crippen LogP contribution in [-0.2, 0) is 4.74 Å². The maximum atomic E-state index is 11.9. The van der Waals surface area contributed by atoms with Crippen LogP contribution in [0.4, 0.5) is 21.0 Å². The fourth-order valence-corrected chi connectivity index (χ4v) is 2.53. The number of cyclic esters (lactones) is 1. The van der Waals surface area contributed by atoms with Gasteiger partial charge >= 0.3 is 12.1 Å². The van der Waals surface area contributed by atoms with Gasteiger partial charge in [-0.15, -0.1) is 0 Å². The molecule has 2 heterocycles. The molecule has 7 heteroatoms. The summed E-state index contributed by atoms with van der Waals surface area (Å²) in [4.78, 5) is 28.5. The first-order valence-corrected chi connectivity index (χ1v) is 6.82. The van der Waals surface area contributed by atoms with Gasteiger partial charge in [0.05, 0.1) is 13.2 Å². The number of benzene rings is 1. The summed E-state index contributed by atoms with van der Waals surface area (Å²) in [6.45, 7) is 1.51. The van der Waals surface area contributed by atoms with Crippen molar-refractivity contribution in [1.82, 2.24) is 4.90 Å². The molecule has 3 amide bonds. The summed E-state index contributed by atoms with van der Waals surface area (Å²) in [6.07, 6.45) is -0.940. The smallest absolute Gasteiger partial charge is 0.414 e. The third-order valence-electron chi connectivity index (χ3n) is 3.77. The van der Waals surface area contributed by atoms with Crippen LogP contribution >= 0.6 is 0 Å². The molecule has 3 rings (SSSR count). The number of anilines is 2. The number of nitrogens with zero attached hydrogens (tertiary/aromatic N) is 3. The van der Waals surface area contributed by atoms with Crippen molar-refractivity contribution >= 4 is 23.5 Å². The lowest BCUT2D eigenvalue weighted by Crippen LogP contribution is -2.29. The second kappa shape index (κ2) is 5.25. The van der Waals surface area contributed by atoms with Crippen LogP contribution in [0.15, 0.2) is 24.3 Å². The van der Waals surface area contributed by atoms with Crippen LogP contribution in [0.2, 0.25) is 0 Å². The van der Waals surface area contributed by atoms with Crippen LogP contribution < -0.4 is 9.80 Å². The van der Waals surface area contributed by atoms with Crippen molar-refractivity contribution < 1.29 is 19.4 Å². The summed E-state index contributed by atoms with van der Waals surface area (Å²) >= 11 is 0. The van der Waals surface area contributed by atoms with Crippen molar-refractivity contribution in [2.45, 2.75) is 6.10 Å². The van der Waals surface area contributed by atoms with E-state index in [1.165, 1.54) is 4.90 Å². The predicted octanol–water partition coefficient (Wildman–Crippen LogP) is 0.876. The number of amides is 3. The third-order valence-corrected chi connectivity index (χ3v) is 3.77. The topological polar surface area (TPSA) is 73.3 Å². The lowest BCUT2D eigenvalue weighted by molar-refractivity contribution is 0.0963. The van der Waals surface area contributed by atoms with E-state index in [-0.39, 0.29) is 12.6 Å². The molecular weight excluding hydrogens is 274 g/mol. The number of carbonyl (C=O) groups is 2. The number of hydrogen-bond acceptors (Lipinski definition) is 4. The Morgan fingerprint density at radius 1 is 1.14 bits per heavy atom. The second-order valence-corrected chi connectivity index (χ2v) is 5.17. The van der Waals surface area contributed by atoms with Gasteiger partial charge in [0.25, 0.3) is 0 Å². The second-order valence-electron chi connectivity index (χ2n) is 5.17. The molecule has 1 atom stereocenters. The number of likely N-dealkylation sites (N-methyl/N-ethyl adjacent to an activating group) is 1. The van der Waals surface area contributed by atoms with E-state index < -0.39 is 12.2 Å². The molecule has 0 bridgehead atoms. The van der Waals surface area contributed by atoms with E-state index in [9.17, 15) is 9.59 Å². The van der Waals surface area contributed by atoms with Gasteiger partial charge in [-0.1, -0.05) is 0 Å². The first kappa shape index (κ1) is 13.7. The molecule has 0 spiro atoms. The Bertz CT molecular complexity index is 560. The van der Waals surface area contributed by atoms with Crippen LogP contribution in [0.3, 0.4) is 0 Å². The van der Waals surface area contributed by atoms with Crippen molar-refractivity contribution in [3.8, 4) is 0 Å². The number of aliphatic hydroxyl groups is 1. The highest BCUT2D eigenvalue weighted by Crippen LogP contribution is 2.26. The van der Waals surface area contributed by atoms with Gasteiger partial charge in [-0.25, -0.2) is 9.59 Å². The summed E-state index contributed by atoms with van der Waals surface area (Å²) in [6, 6.07) is 7.16. The van der Waals surface area contributed by atoms with E-state index in [1.807, 2.05) is 12.1 Å². The summed E-state index contributed by atoms with van der Waals surface area (Å²) in [5.41, 5.74) is 1.50. The molecule has 0 radical (unpaired) electrons. The van der Waals surface area contributed by atoms with Crippen LogP contribution in [0.5, 0.6) is 0 Å². The Morgan fingerprint density at radius 3 is 2.24 bits per heavy atom. The minimum absolute atomic E-state index is 0.0244. The lowest BCUT2D eigenvalue weighted by Gasteiger charge is -2.18. The van der Waals surface area contributed by atoms with Gasteiger partial charge < -0.3 is 14.7 Å². The van der Waals surface area contributed by atoms with Crippen LogP contribution in [0.1, 0.15) is 0 Å². The molecule has 1 N–H and O–H groups in total. The van der Waals surface area contributed by atoms with Crippen molar-refractivity contribution in [1.29, 1.82) is 0 Å². The fraction of sp³-hybridized carbons (Fsp3) is 0.429. The minimum atomic E-state index is -0.481. The molecule has 2 fully saturated rings. The average molecular weight is 291 g/mol. The molecule has 21 heavy (non-hydrogen) atoms. The highest BCUT2D eigenvalue weighted by molar-refractivity contribution is 5.95. The van der Waals surface area contributed by atoms with Gasteiger partial charge in [0.2, 0.25) is 0 Å². The quantitative estimate of drug-likeness (QED) is 0.897. The Kier molecular flexibility index (Phi) is 3.42. The Morgan fingerprint density at radius 2 is 1.76 bits per heavy atom. The molecule has 0 aromatic heterocycles. The van der Waals surface area contributed by atoms with E-state index in [0.29, 0.717) is 25.3 Å². The van der Waals surface area contributed by atoms with Crippen LogP contribution in [-0.4, -0.2) is 61.5 Å². The number of hydrogen-bond donors (Lipinski definition) is 1. The maximum absolute atomic E-state index is 11.9. The van der Waals surface area contributed by atoms with E-state index in [2.05, 4.69) is 0 Å². The van der Waals surface area contributed by atoms with Gasteiger partial charge in [-0.2, -0.15) is 0 Å². The molecule has 2 aliphatic heterocycles. The normalized spacial score (nSPS) is 22.2. The third kappa shape index (κ3) is 2.40. The molecule has 7 nitrogen and oxygen atoms in total. The minimum Gasteiger partial charge on any atom is -0.441 e. The Balaban J connectivity index is 1.76. The standard InChI is InChI=1S/C14H17N3O4/c1-15-6-7-16(13(15)19)10-2-4-11(5-3-10)17-8-12(9-18)21-14(17)20/h2-5,12,18H,6-9H2,1H3/t12-/m1/s1. The molecular formula is C14H17N3O4. The summed E-state index contributed by atoms with van der Waals surface area (Å²) in [5.74, 6) is 0. The van der Waals surface area contributed by atoms with Gasteiger partial charge in [0, 0.05) is 31.5 Å². The van der Waals surface area contributed by atoms with E-state index in [4.69, 9.17) is 9.84 Å². The van der Waals surface area contributed by atoms with E-state index in [0.717, 1.165) is 5.69 Å². The fourth-order valence-electron chi connectivity index (χ4n) is 2.53. The monoisotopic (exact) mass is 291 g/mol. The SMILES string of the molecule is CN1CCN(c2ccc(N3C[C@H](CO)OC3=O)cc2)C1=O. The molecule has 2 saturated heterocycles. The zero-order valence-electron chi connectivity index (χ0n) is 11.7. The molecule has 0 unspecified atom stereocenters. The van der Waals surface area contributed by atoms with Gasteiger partial charge in [0.1, 0.15) is 6.10 Å².